The standard InChI is InChI=1S/C9H19NO2/c1-7(5-10)9(11)4-3-8(2)12-6-9/h7-8,11H,3-6,10H2,1-2H3. The molecule has 0 aliphatic carbocycles. The van der Waals surface area contributed by atoms with Crippen LogP contribution in [0.4, 0.5) is 0 Å². The second kappa shape index (κ2) is 3.73. The van der Waals surface area contributed by atoms with Crippen LogP contribution in [-0.4, -0.2) is 30.0 Å². The lowest BCUT2D eigenvalue weighted by Crippen LogP contribution is -2.48. The lowest BCUT2D eigenvalue weighted by atomic mass is 9.83. The van der Waals surface area contributed by atoms with E-state index in [1.54, 1.807) is 0 Å². The first-order valence-corrected chi connectivity index (χ1v) is 4.62. The van der Waals surface area contributed by atoms with Crippen molar-refractivity contribution in [2.24, 2.45) is 11.7 Å². The maximum Gasteiger partial charge on any atom is 0.0918 e. The van der Waals surface area contributed by atoms with Crippen molar-refractivity contribution >= 4 is 0 Å². The van der Waals surface area contributed by atoms with Crippen LogP contribution >= 0.6 is 0 Å². The zero-order valence-corrected chi connectivity index (χ0v) is 7.92. The Labute approximate surface area is 73.9 Å². The number of rotatable bonds is 2. The molecule has 3 heteroatoms. The van der Waals surface area contributed by atoms with E-state index in [1.165, 1.54) is 0 Å². The first kappa shape index (κ1) is 9.96. The Kier molecular flexibility index (Phi) is 3.09. The summed E-state index contributed by atoms with van der Waals surface area (Å²) >= 11 is 0. The van der Waals surface area contributed by atoms with Gasteiger partial charge in [0, 0.05) is 0 Å². The van der Waals surface area contributed by atoms with Gasteiger partial charge in [-0.15, -0.1) is 0 Å². The molecule has 1 rings (SSSR count). The molecular weight excluding hydrogens is 154 g/mol. The Bertz CT molecular complexity index is 141. The molecule has 1 fully saturated rings. The van der Waals surface area contributed by atoms with Crippen molar-refractivity contribution in [2.45, 2.75) is 38.4 Å². The van der Waals surface area contributed by atoms with Gasteiger partial charge in [0.05, 0.1) is 18.3 Å². The predicted molar refractivity (Wildman–Crippen MR) is 47.8 cm³/mol. The minimum atomic E-state index is -0.679. The van der Waals surface area contributed by atoms with Gasteiger partial charge >= 0.3 is 0 Å². The average molecular weight is 173 g/mol. The van der Waals surface area contributed by atoms with E-state index in [-0.39, 0.29) is 12.0 Å². The molecule has 3 atom stereocenters. The van der Waals surface area contributed by atoms with Crippen LogP contribution in [0.15, 0.2) is 0 Å². The van der Waals surface area contributed by atoms with Crippen molar-refractivity contribution in [1.82, 2.24) is 0 Å². The maximum absolute atomic E-state index is 10.1. The van der Waals surface area contributed by atoms with E-state index in [0.29, 0.717) is 13.2 Å². The maximum atomic E-state index is 10.1. The van der Waals surface area contributed by atoms with E-state index in [4.69, 9.17) is 10.5 Å². The first-order chi connectivity index (χ1) is 5.58. The van der Waals surface area contributed by atoms with Crippen LogP contribution in [0.2, 0.25) is 0 Å². The van der Waals surface area contributed by atoms with Gasteiger partial charge in [-0.25, -0.2) is 0 Å². The summed E-state index contributed by atoms with van der Waals surface area (Å²) in [7, 11) is 0. The second-order valence-electron chi connectivity index (χ2n) is 3.90. The predicted octanol–water partition coefficient (Wildman–Crippen LogP) is 0.511. The summed E-state index contributed by atoms with van der Waals surface area (Å²) in [5, 5.41) is 10.1. The van der Waals surface area contributed by atoms with Crippen LogP contribution in [0.1, 0.15) is 26.7 Å². The summed E-state index contributed by atoms with van der Waals surface area (Å²) in [6.45, 7) is 4.97. The zero-order valence-electron chi connectivity index (χ0n) is 7.92. The minimum absolute atomic E-state index is 0.130. The van der Waals surface area contributed by atoms with Gasteiger partial charge in [-0.3, -0.25) is 0 Å². The second-order valence-corrected chi connectivity index (χ2v) is 3.90. The molecule has 0 aromatic rings. The monoisotopic (exact) mass is 173 g/mol. The molecule has 0 aromatic heterocycles. The normalized spacial score (nSPS) is 39.5. The van der Waals surface area contributed by atoms with Gasteiger partial charge < -0.3 is 15.6 Å². The molecular formula is C9H19NO2. The Morgan fingerprint density at radius 1 is 1.75 bits per heavy atom. The average Bonchev–Trinajstić information content (AvgIpc) is 2.09. The third kappa shape index (κ3) is 1.97. The molecule has 0 bridgehead atoms. The molecule has 1 saturated heterocycles. The molecule has 0 saturated carbocycles. The van der Waals surface area contributed by atoms with Crippen molar-refractivity contribution in [3.8, 4) is 0 Å². The Morgan fingerprint density at radius 3 is 2.83 bits per heavy atom. The van der Waals surface area contributed by atoms with Crippen LogP contribution in [0, 0.1) is 5.92 Å². The quantitative estimate of drug-likeness (QED) is 0.639. The largest absolute Gasteiger partial charge is 0.387 e. The fourth-order valence-electron chi connectivity index (χ4n) is 1.50. The van der Waals surface area contributed by atoms with Crippen LogP contribution in [-0.2, 0) is 4.74 Å². The van der Waals surface area contributed by atoms with Crippen molar-refractivity contribution < 1.29 is 9.84 Å². The molecule has 3 unspecified atom stereocenters. The van der Waals surface area contributed by atoms with Gasteiger partial charge in [-0.1, -0.05) is 6.92 Å². The third-order valence-corrected chi connectivity index (χ3v) is 2.87. The SMILES string of the molecule is CC1CCC(O)(C(C)CN)CO1. The van der Waals surface area contributed by atoms with Crippen molar-refractivity contribution in [1.29, 1.82) is 0 Å². The number of ether oxygens (including phenoxy) is 1. The molecule has 0 radical (unpaired) electrons. The molecule has 0 amide bonds. The Morgan fingerprint density at radius 2 is 2.42 bits per heavy atom. The molecule has 1 heterocycles. The smallest absolute Gasteiger partial charge is 0.0918 e. The summed E-state index contributed by atoms with van der Waals surface area (Å²) < 4.78 is 5.41. The third-order valence-electron chi connectivity index (χ3n) is 2.87. The van der Waals surface area contributed by atoms with Gasteiger partial charge in [0.25, 0.3) is 0 Å². The number of aliphatic hydroxyl groups is 1. The van der Waals surface area contributed by atoms with E-state index in [2.05, 4.69) is 0 Å². The topological polar surface area (TPSA) is 55.5 Å². The highest BCUT2D eigenvalue weighted by Gasteiger charge is 2.36. The highest BCUT2D eigenvalue weighted by atomic mass is 16.5. The molecule has 72 valence electrons. The van der Waals surface area contributed by atoms with E-state index in [1.807, 2.05) is 13.8 Å². The number of hydrogen-bond acceptors (Lipinski definition) is 3. The summed E-state index contributed by atoms with van der Waals surface area (Å²) in [5.74, 6) is 0.130. The Hall–Kier alpha value is -0.120. The van der Waals surface area contributed by atoms with Gasteiger partial charge in [0.1, 0.15) is 0 Å². The molecule has 3 N–H and O–H groups in total. The van der Waals surface area contributed by atoms with Gasteiger partial charge in [-0.05, 0) is 32.2 Å². The van der Waals surface area contributed by atoms with E-state index >= 15 is 0 Å². The van der Waals surface area contributed by atoms with Gasteiger partial charge in [-0.2, -0.15) is 0 Å². The van der Waals surface area contributed by atoms with Crippen molar-refractivity contribution in [2.75, 3.05) is 13.2 Å². The highest BCUT2D eigenvalue weighted by molar-refractivity contribution is 4.88. The van der Waals surface area contributed by atoms with E-state index in [0.717, 1.165) is 12.8 Å². The number of nitrogens with two attached hydrogens (primary N) is 1. The van der Waals surface area contributed by atoms with Crippen molar-refractivity contribution in [3.63, 3.8) is 0 Å². The highest BCUT2D eigenvalue weighted by Crippen LogP contribution is 2.28. The molecule has 0 spiro atoms. The summed E-state index contributed by atoms with van der Waals surface area (Å²) in [4.78, 5) is 0. The zero-order chi connectivity index (χ0) is 9.19. The lowest BCUT2D eigenvalue weighted by molar-refractivity contribution is -0.137. The minimum Gasteiger partial charge on any atom is -0.387 e. The fourth-order valence-corrected chi connectivity index (χ4v) is 1.50. The van der Waals surface area contributed by atoms with Crippen LogP contribution in [0.3, 0.4) is 0 Å². The molecule has 0 aromatic carbocycles. The first-order valence-electron chi connectivity index (χ1n) is 4.62. The number of hydrogen-bond donors (Lipinski definition) is 2. The van der Waals surface area contributed by atoms with Crippen LogP contribution < -0.4 is 5.73 Å². The summed E-state index contributed by atoms with van der Waals surface area (Å²) in [6, 6.07) is 0. The Balaban J connectivity index is 2.49. The van der Waals surface area contributed by atoms with Crippen molar-refractivity contribution in [3.05, 3.63) is 0 Å². The fraction of sp³-hybridized carbons (Fsp3) is 1.00. The molecule has 1 aliphatic heterocycles. The van der Waals surface area contributed by atoms with E-state index in [9.17, 15) is 5.11 Å². The summed E-state index contributed by atoms with van der Waals surface area (Å²) in [5.41, 5.74) is 4.83. The van der Waals surface area contributed by atoms with Gasteiger partial charge in [0.15, 0.2) is 0 Å². The molecule has 12 heavy (non-hydrogen) atoms. The van der Waals surface area contributed by atoms with E-state index < -0.39 is 5.60 Å². The van der Waals surface area contributed by atoms with Crippen LogP contribution in [0.5, 0.6) is 0 Å². The lowest BCUT2D eigenvalue weighted by Gasteiger charge is -2.38. The molecule has 1 aliphatic rings. The van der Waals surface area contributed by atoms with Gasteiger partial charge in [0.2, 0.25) is 0 Å². The molecule has 3 nitrogen and oxygen atoms in total. The van der Waals surface area contributed by atoms with Crippen LogP contribution in [0.25, 0.3) is 0 Å². The summed E-state index contributed by atoms with van der Waals surface area (Å²) in [6.07, 6.45) is 2.03.